The highest BCUT2D eigenvalue weighted by Crippen LogP contribution is 2.39. The van der Waals surface area contributed by atoms with Crippen LogP contribution in [0.5, 0.6) is 23.0 Å². The zero-order valence-electron chi connectivity index (χ0n) is 60.9. The lowest BCUT2D eigenvalue weighted by atomic mass is 10.0. The van der Waals surface area contributed by atoms with Crippen LogP contribution in [0, 0.1) is 48.4 Å². The molecule has 0 bridgehead atoms. The van der Waals surface area contributed by atoms with Crippen molar-refractivity contribution in [1.82, 2.24) is 34.6 Å². The van der Waals surface area contributed by atoms with Crippen molar-refractivity contribution in [1.29, 1.82) is 0 Å². The van der Waals surface area contributed by atoms with Gasteiger partial charge in [-0.3, -0.25) is 0 Å². The molecule has 3 aromatic carbocycles. The molecular weight excluding hydrogens is 1200 g/mol. The summed E-state index contributed by atoms with van der Waals surface area (Å²) < 4.78 is 85.2. The van der Waals surface area contributed by atoms with E-state index in [2.05, 4.69) is 109 Å². The summed E-state index contributed by atoms with van der Waals surface area (Å²) in [5.74, 6) is 16.2. The average Bonchev–Trinajstić information content (AvgIpc) is 1.83. The van der Waals surface area contributed by atoms with Crippen LogP contribution in [0.1, 0.15) is 212 Å². The summed E-state index contributed by atoms with van der Waals surface area (Å²) in [6, 6.07) is 15.2. The lowest BCUT2D eigenvalue weighted by molar-refractivity contribution is -0.183. The second-order valence-corrected chi connectivity index (χ2v) is 25.7. The van der Waals surface area contributed by atoms with Gasteiger partial charge in [0.2, 0.25) is 13.2 Å². The van der Waals surface area contributed by atoms with Crippen LogP contribution in [-0.4, -0.2) is 147 Å². The Hall–Kier alpha value is -6.53. The van der Waals surface area contributed by atoms with Crippen molar-refractivity contribution in [3.63, 3.8) is 0 Å². The summed E-state index contributed by atoms with van der Waals surface area (Å²) >= 11 is 0. The number of hydrogen-bond donors (Lipinski definition) is 0. The lowest BCUT2D eigenvalue weighted by Gasteiger charge is -2.29. The summed E-state index contributed by atoms with van der Waals surface area (Å²) in [5.41, 5.74) is 7.86. The molecule has 14 nitrogen and oxygen atoms in total. The molecule has 4 aromatic rings. The summed E-state index contributed by atoms with van der Waals surface area (Å²) in [6.07, 6.45) is 20.9. The second kappa shape index (κ2) is 42.2. The Morgan fingerprint density at radius 1 is 0.653 bits per heavy atom. The molecule has 2 saturated carbocycles. The van der Waals surface area contributed by atoms with E-state index in [0.29, 0.717) is 60.3 Å². The van der Waals surface area contributed by atoms with Crippen LogP contribution in [0.2, 0.25) is 0 Å². The van der Waals surface area contributed by atoms with Crippen molar-refractivity contribution in [3.05, 3.63) is 94.9 Å². The van der Waals surface area contributed by atoms with Gasteiger partial charge in [0.15, 0.2) is 11.5 Å². The van der Waals surface area contributed by atoms with Gasteiger partial charge in [0.1, 0.15) is 17.2 Å². The van der Waals surface area contributed by atoms with Crippen LogP contribution in [0.4, 0.5) is 13.2 Å². The maximum atomic E-state index is 15.0. The fourth-order valence-electron chi connectivity index (χ4n) is 10.6. The number of alkyl halides is 3. The van der Waals surface area contributed by atoms with Gasteiger partial charge in [0.05, 0.1) is 48.9 Å². The Balaban J connectivity index is 0.000000248. The minimum Gasteiger partial charge on any atom is -0.460 e. The highest BCUT2D eigenvalue weighted by Gasteiger charge is 2.34. The van der Waals surface area contributed by atoms with Crippen molar-refractivity contribution >= 4 is 11.4 Å². The number of aryl methyl sites for hydroxylation is 1. The first-order valence-corrected chi connectivity index (χ1v) is 35.9. The van der Waals surface area contributed by atoms with E-state index >= 15 is 0 Å². The number of halogens is 3. The van der Waals surface area contributed by atoms with Gasteiger partial charge in [-0.25, -0.2) is 9.07 Å². The van der Waals surface area contributed by atoms with Crippen LogP contribution in [0.15, 0.2) is 67.1 Å². The molecule has 5 fully saturated rings. The molecule has 6 aliphatic rings. The molecular formula is C78H118F3N7O7. The Morgan fingerprint density at radius 2 is 1.16 bits per heavy atom. The third kappa shape index (κ3) is 28.2. The van der Waals surface area contributed by atoms with Crippen molar-refractivity contribution < 1.29 is 46.3 Å². The van der Waals surface area contributed by atoms with Gasteiger partial charge < -0.3 is 52.8 Å². The molecule has 5 unspecified atom stereocenters. The number of likely N-dealkylation sites (N-methyl/N-ethyl adjacent to an activating group) is 2. The smallest absolute Gasteiger partial charge is 0.397 e. The van der Waals surface area contributed by atoms with E-state index < -0.39 is 12.5 Å². The Bertz CT molecular complexity index is 3040. The number of nitrogens with zero attached hydrogens (tertiary/aromatic N) is 7. The van der Waals surface area contributed by atoms with E-state index in [9.17, 15) is 13.2 Å². The Labute approximate surface area is 571 Å². The van der Waals surface area contributed by atoms with Gasteiger partial charge in [-0.15, -0.1) is 5.10 Å². The molecule has 0 N–H and O–H groups in total. The minimum atomic E-state index is -3.25. The predicted molar refractivity (Wildman–Crippen MR) is 381 cm³/mol. The quantitative estimate of drug-likeness (QED) is 0.0658. The van der Waals surface area contributed by atoms with E-state index in [1.54, 1.807) is 23.7 Å². The molecule has 2 aliphatic carbocycles. The number of unbranched alkanes of at least 4 members (excludes halogenated alkanes) is 1. The largest absolute Gasteiger partial charge is 0.460 e. The van der Waals surface area contributed by atoms with Crippen LogP contribution in [0.25, 0.3) is 22.7 Å². The molecule has 4 aliphatic heterocycles. The van der Waals surface area contributed by atoms with Crippen molar-refractivity contribution in [2.75, 3.05) is 82.0 Å². The number of fused-ring (bicyclic) bond motifs is 1. The highest BCUT2D eigenvalue weighted by molar-refractivity contribution is 5.71. The van der Waals surface area contributed by atoms with Crippen molar-refractivity contribution in [2.24, 2.45) is 17.8 Å². The molecule has 0 amide bonds. The van der Waals surface area contributed by atoms with Gasteiger partial charge in [-0.05, 0) is 157 Å². The van der Waals surface area contributed by atoms with Crippen molar-refractivity contribution in [3.8, 4) is 57.9 Å². The van der Waals surface area contributed by atoms with Crippen molar-refractivity contribution in [2.45, 2.75) is 229 Å². The van der Waals surface area contributed by atoms with E-state index in [1.807, 2.05) is 104 Å². The summed E-state index contributed by atoms with van der Waals surface area (Å²) in [7, 11) is 12.1. The lowest BCUT2D eigenvalue weighted by Crippen LogP contribution is -2.31. The predicted octanol–water partition coefficient (Wildman–Crippen LogP) is 17.9. The van der Waals surface area contributed by atoms with Gasteiger partial charge in [0.25, 0.3) is 0 Å². The zero-order valence-corrected chi connectivity index (χ0v) is 60.9. The fraction of sp³-hybridized carbons (Fsp3) is 0.641. The summed E-state index contributed by atoms with van der Waals surface area (Å²) in [5, 5.41) is 8.51. The second-order valence-electron chi connectivity index (χ2n) is 25.7. The number of benzene rings is 3. The molecule has 0 radical (unpaired) electrons. The first-order valence-electron chi connectivity index (χ1n) is 35.9. The Morgan fingerprint density at radius 3 is 1.64 bits per heavy atom. The average molecular weight is 1320 g/mol. The SMILES string of the molecule is CC.CC.CCC(C)CCC(F)(F)Oc1cc(C#CC2CC2)ccc1/C(=C/N(C)CC1CCCCO1)N(C)C.CCC(F)Oc1cc(C#CC2CC2)ccc1-c1cn(CC2CCCCO2)nn1.CCCC.Cc1cc2c(cc1/C(=C/N(C)CC1CCCCO1)N(C)C)OCO2. The highest BCUT2D eigenvalue weighted by atomic mass is 19.3. The van der Waals surface area contributed by atoms with Gasteiger partial charge in [-0.1, -0.05) is 110 Å². The number of rotatable bonds is 23. The number of hydrogen-bond acceptors (Lipinski definition) is 13. The fourth-order valence-corrected chi connectivity index (χ4v) is 10.6. The third-order valence-corrected chi connectivity index (χ3v) is 16.9. The van der Waals surface area contributed by atoms with Crippen LogP contribution < -0.4 is 18.9 Å². The maximum absolute atomic E-state index is 15.0. The monoisotopic (exact) mass is 1320 g/mol. The van der Waals surface area contributed by atoms with E-state index in [-0.39, 0.29) is 36.7 Å². The first-order chi connectivity index (χ1) is 45.8. The van der Waals surface area contributed by atoms with Gasteiger partial charge in [-0.2, -0.15) is 8.78 Å². The minimum absolute atomic E-state index is 0.170. The third-order valence-electron chi connectivity index (χ3n) is 16.9. The molecule has 5 atom stereocenters. The van der Waals surface area contributed by atoms with Gasteiger partial charge in [0, 0.05) is 134 Å². The molecule has 1 aromatic heterocycles. The molecule has 5 heterocycles. The summed E-state index contributed by atoms with van der Waals surface area (Å²) in [4.78, 5) is 8.39. The van der Waals surface area contributed by atoms with E-state index in [1.165, 1.54) is 62.5 Å². The Kier molecular flexibility index (Phi) is 35.2. The first kappa shape index (κ1) is 79.2. The van der Waals surface area contributed by atoms with Crippen LogP contribution >= 0.6 is 0 Å². The van der Waals surface area contributed by atoms with E-state index in [4.69, 9.17) is 33.2 Å². The number of ether oxygens (including phenoxy) is 7. The van der Waals surface area contributed by atoms with Crippen LogP contribution in [-0.2, 0) is 20.8 Å². The molecule has 95 heavy (non-hydrogen) atoms. The number of aromatic nitrogens is 3. The molecule has 17 heteroatoms. The van der Waals surface area contributed by atoms with Crippen LogP contribution in [0.3, 0.4) is 0 Å². The normalized spacial score (nSPS) is 18.7. The molecule has 528 valence electrons. The maximum Gasteiger partial charge on any atom is 0.397 e. The standard InChI is InChI=1S/C29H42F2N2O2.C22H26FN3O2.C19H28N2O3.C4H10.2C2H6/c1-6-22(2)16-17-29(30,31)35-28-19-24(13-12-23-10-11-23)14-15-26(28)27(32(3)4)21-33(5)20-25-9-7-8-18-34-25;1-2-22(23)28-21-13-17(9-8-16-6-7-16)10-11-19(21)20-15-26(25-24-20)14-18-5-3-4-12-27-18;1-14-9-18-19(24-13-23-18)10-16(14)17(20(2)3)12-21(4)11-15-7-5-6-8-22-15;1-3-4-2;2*1-2/h14-15,19,21-23,25H,6-11,16-18,20H2,1-5H3;10-11,13,15-16,18,22H,2-7,12,14H2,1H3;9-10,12,15H,5-8,11,13H2,1-4H3;3-4H2,1-2H3;2*1-2H3/b27-21-;;17-12-;;;. The molecule has 0 spiro atoms. The molecule has 10 rings (SSSR count). The summed E-state index contributed by atoms with van der Waals surface area (Å²) in [6.45, 7) is 25.4. The topological polar surface area (TPSA) is 108 Å². The zero-order chi connectivity index (χ0) is 69.3. The van der Waals surface area contributed by atoms with E-state index in [0.717, 1.165) is 118 Å². The molecule has 3 saturated heterocycles. The van der Waals surface area contributed by atoms with Gasteiger partial charge >= 0.3 is 6.11 Å².